The molecule has 2 atom stereocenters. The van der Waals surface area contributed by atoms with E-state index in [2.05, 4.69) is 35.3 Å². The van der Waals surface area contributed by atoms with Gasteiger partial charge in [-0.1, -0.05) is 19.0 Å². The summed E-state index contributed by atoms with van der Waals surface area (Å²) in [7, 11) is 0. The Hall–Kier alpha value is -1.40. The number of aliphatic hydroxyl groups is 1. The van der Waals surface area contributed by atoms with Crippen molar-refractivity contribution in [3.8, 4) is 0 Å². The maximum absolute atomic E-state index is 11.5. The van der Waals surface area contributed by atoms with Crippen LogP contribution in [-0.2, 0) is 11.3 Å². The van der Waals surface area contributed by atoms with Crippen LogP contribution in [0, 0.1) is 11.8 Å². The highest BCUT2D eigenvalue weighted by Crippen LogP contribution is 2.40. The third-order valence-electron chi connectivity index (χ3n) is 4.73. The molecule has 22 heavy (non-hydrogen) atoms. The Morgan fingerprint density at radius 3 is 2.91 bits per heavy atom. The molecule has 1 aromatic rings. The molecule has 1 amide bonds. The number of amides is 1. The predicted molar refractivity (Wildman–Crippen MR) is 81.1 cm³/mol. The molecule has 0 aromatic carbocycles. The van der Waals surface area contributed by atoms with Gasteiger partial charge in [-0.15, -0.1) is 0 Å². The predicted octanol–water partition coefficient (Wildman–Crippen LogP) is 1.12. The second-order valence-electron chi connectivity index (χ2n) is 6.93. The van der Waals surface area contributed by atoms with Gasteiger partial charge in [0.15, 0.2) is 0 Å². The highest BCUT2D eigenvalue weighted by atomic mass is 16.5. The van der Waals surface area contributed by atoms with E-state index < -0.39 is 6.61 Å². The van der Waals surface area contributed by atoms with Gasteiger partial charge >= 0.3 is 0 Å². The number of hydrogen-bond acceptors (Lipinski definition) is 5. The van der Waals surface area contributed by atoms with Gasteiger partial charge < -0.3 is 14.9 Å². The summed E-state index contributed by atoms with van der Waals surface area (Å²) in [6.45, 7) is 6.38. The van der Waals surface area contributed by atoms with Crippen LogP contribution in [0.3, 0.4) is 0 Å². The molecule has 1 saturated heterocycles. The Morgan fingerprint density at radius 2 is 2.27 bits per heavy atom. The smallest absolute Gasteiger partial charge is 0.245 e. The highest BCUT2D eigenvalue weighted by molar-refractivity contribution is 5.77. The van der Waals surface area contributed by atoms with Crippen molar-refractivity contribution in [2.24, 2.45) is 11.8 Å². The molecule has 0 bridgehead atoms. The van der Waals surface area contributed by atoms with Crippen molar-refractivity contribution >= 4 is 5.91 Å². The van der Waals surface area contributed by atoms with E-state index in [0.717, 1.165) is 31.1 Å². The van der Waals surface area contributed by atoms with Crippen LogP contribution in [0.4, 0.5) is 0 Å². The van der Waals surface area contributed by atoms with Crippen LogP contribution in [0.2, 0.25) is 0 Å². The first-order valence-electron chi connectivity index (χ1n) is 8.15. The lowest BCUT2D eigenvalue weighted by Gasteiger charge is -2.22. The maximum atomic E-state index is 11.5. The molecule has 1 aromatic heterocycles. The molecule has 2 aliphatic rings. The summed E-state index contributed by atoms with van der Waals surface area (Å²) in [5, 5.41) is 16.0. The van der Waals surface area contributed by atoms with Crippen molar-refractivity contribution in [3.63, 3.8) is 0 Å². The first kappa shape index (κ1) is 15.5. The summed E-state index contributed by atoms with van der Waals surface area (Å²) in [4.78, 5) is 13.8. The SMILES string of the molecule is CC(C)[C@H]1CN(Cc2cc(C3CC3)on2)C[C@@H]1NC(=O)CO. The number of nitrogens with zero attached hydrogens (tertiary/aromatic N) is 2. The Labute approximate surface area is 130 Å². The zero-order chi connectivity index (χ0) is 15.7. The Balaban J connectivity index is 1.60. The van der Waals surface area contributed by atoms with Gasteiger partial charge in [0.05, 0.1) is 5.69 Å². The normalized spacial score (nSPS) is 25.8. The van der Waals surface area contributed by atoms with Crippen molar-refractivity contribution in [2.75, 3.05) is 19.7 Å². The quantitative estimate of drug-likeness (QED) is 0.823. The Kier molecular flexibility index (Phi) is 4.49. The van der Waals surface area contributed by atoms with Crippen LogP contribution < -0.4 is 5.32 Å². The van der Waals surface area contributed by atoms with Crippen LogP contribution in [0.5, 0.6) is 0 Å². The van der Waals surface area contributed by atoms with Crippen LogP contribution >= 0.6 is 0 Å². The summed E-state index contributed by atoms with van der Waals surface area (Å²) >= 11 is 0. The first-order chi connectivity index (χ1) is 10.6. The fourth-order valence-corrected chi connectivity index (χ4v) is 3.32. The number of aromatic nitrogens is 1. The summed E-state index contributed by atoms with van der Waals surface area (Å²) in [5.74, 6) is 2.17. The van der Waals surface area contributed by atoms with E-state index in [0.29, 0.717) is 17.8 Å². The molecule has 0 radical (unpaired) electrons. The van der Waals surface area contributed by atoms with E-state index >= 15 is 0 Å². The van der Waals surface area contributed by atoms with Gasteiger partial charge in [-0.2, -0.15) is 0 Å². The molecular weight excluding hydrogens is 282 g/mol. The van der Waals surface area contributed by atoms with Crippen LogP contribution in [0.25, 0.3) is 0 Å². The fourth-order valence-electron chi connectivity index (χ4n) is 3.32. The Morgan fingerprint density at radius 1 is 1.50 bits per heavy atom. The van der Waals surface area contributed by atoms with Crippen molar-refractivity contribution in [3.05, 3.63) is 17.5 Å². The standard InChI is InChI=1S/C16H25N3O3/c1-10(2)13-7-19(8-14(13)17-16(21)9-20)6-12-5-15(22-18-12)11-3-4-11/h5,10-11,13-14,20H,3-4,6-9H2,1-2H3,(H,17,21)/t13-,14+/m1/s1. The zero-order valence-corrected chi connectivity index (χ0v) is 13.3. The van der Waals surface area contributed by atoms with Crippen molar-refractivity contribution in [2.45, 2.75) is 45.2 Å². The number of aliphatic hydroxyl groups excluding tert-OH is 1. The average Bonchev–Trinajstić information content (AvgIpc) is 3.11. The van der Waals surface area contributed by atoms with Gasteiger partial charge in [0.1, 0.15) is 12.4 Å². The van der Waals surface area contributed by atoms with Crippen molar-refractivity contribution < 1.29 is 14.4 Å². The summed E-state index contributed by atoms with van der Waals surface area (Å²) in [5.41, 5.74) is 0.971. The third kappa shape index (κ3) is 3.50. The number of likely N-dealkylation sites (tertiary alicyclic amines) is 1. The van der Waals surface area contributed by atoms with Gasteiger partial charge in [0.25, 0.3) is 0 Å². The summed E-state index contributed by atoms with van der Waals surface area (Å²) in [6, 6.07) is 2.16. The number of carbonyl (C=O) groups is 1. The number of rotatable bonds is 6. The molecule has 122 valence electrons. The van der Waals surface area contributed by atoms with E-state index in [1.807, 2.05) is 0 Å². The van der Waals surface area contributed by atoms with E-state index in [-0.39, 0.29) is 11.9 Å². The molecule has 0 unspecified atom stereocenters. The van der Waals surface area contributed by atoms with Gasteiger partial charge in [0, 0.05) is 37.7 Å². The van der Waals surface area contributed by atoms with E-state index in [1.165, 1.54) is 12.8 Å². The third-order valence-corrected chi connectivity index (χ3v) is 4.73. The topological polar surface area (TPSA) is 78.6 Å². The number of carbonyl (C=O) groups excluding carboxylic acids is 1. The second kappa shape index (κ2) is 6.38. The lowest BCUT2D eigenvalue weighted by molar-refractivity contribution is -0.124. The van der Waals surface area contributed by atoms with Gasteiger partial charge in [0.2, 0.25) is 5.91 Å². The molecule has 6 nitrogen and oxygen atoms in total. The molecule has 1 saturated carbocycles. The lowest BCUT2D eigenvalue weighted by atomic mass is 9.91. The van der Waals surface area contributed by atoms with E-state index in [4.69, 9.17) is 9.63 Å². The summed E-state index contributed by atoms with van der Waals surface area (Å²) < 4.78 is 5.40. The molecular formula is C16H25N3O3. The number of hydrogen-bond donors (Lipinski definition) is 2. The first-order valence-corrected chi connectivity index (χ1v) is 8.15. The molecule has 3 rings (SSSR count). The molecule has 0 spiro atoms. The number of nitrogens with one attached hydrogen (secondary N) is 1. The van der Waals surface area contributed by atoms with Crippen molar-refractivity contribution in [1.82, 2.24) is 15.4 Å². The van der Waals surface area contributed by atoms with Gasteiger partial charge in [-0.3, -0.25) is 9.69 Å². The fraction of sp³-hybridized carbons (Fsp3) is 0.750. The largest absolute Gasteiger partial charge is 0.387 e. The maximum Gasteiger partial charge on any atom is 0.245 e. The zero-order valence-electron chi connectivity index (χ0n) is 13.3. The monoisotopic (exact) mass is 307 g/mol. The summed E-state index contributed by atoms with van der Waals surface area (Å²) in [6.07, 6.45) is 2.42. The molecule has 1 aliphatic heterocycles. The Bertz CT molecular complexity index is 524. The molecule has 1 aliphatic carbocycles. The average molecular weight is 307 g/mol. The molecule has 2 N–H and O–H groups in total. The van der Waals surface area contributed by atoms with Crippen LogP contribution in [0.15, 0.2) is 10.6 Å². The van der Waals surface area contributed by atoms with Crippen LogP contribution in [0.1, 0.15) is 44.1 Å². The lowest BCUT2D eigenvalue weighted by Crippen LogP contribution is -2.43. The van der Waals surface area contributed by atoms with Gasteiger partial charge in [-0.05, 0) is 24.7 Å². The molecule has 6 heteroatoms. The second-order valence-corrected chi connectivity index (χ2v) is 6.93. The van der Waals surface area contributed by atoms with E-state index in [1.54, 1.807) is 0 Å². The molecule has 2 fully saturated rings. The van der Waals surface area contributed by atoms with Crippen LogP contribution in [-0.4, -0.2) is 46.8 Å². The molecule has 2 heterocycles. The minimum Gasteiger partial charge on any atom is -0.387 e. The van der Waals surface area contributed by atoms with Crippen molar-refractivity contribution in [1.29, 1.82) is 0 Å². The van der Waals surface area contributed by atoms with E-state index in [9.17, 15) is 4.79 Å². The minimum absolute atomic E-state index is 0.0921. The minimum atomic E-state index is -0.449. The highest BCUT2D eigenvalue weighted by Gasteiger charge is 2.36. The van der Waals surface area contributed by atoms with Gasteiger partial charge in [-0.25, -0.2) is 0 Å².